The molecule has 0 fully saturated rings. The van der Waals surface area contributed by atoms with E-state index in [9.17, 15) is 19.3 Å². The Hall–Kier alpha value is -3.62. The smallest absolute Gasteiger partial charge is 0.270 e. The molecule has 0 aliphatic heterocycles. The van der Waals surface area contributed by atoms with Crippen molar-refractivity contribution in [2.75, 3.05) is 5.32 Å². The number of nitro benzene ring substituents is 1. The third-order valence-corrected chi connectivity index (χ3v) is 3.27. The van der Waals surface area contributed by atoms with Gasteiger partial charge in [0, 0.05) is 23.4 Å². The number of hydrogen-bond acceptors (Lipinski definition) is 5. The van der Waals surface area contributed by atoms with Crippen LogP contribution in [-0.4, -0.2) is 25.6 Å². The van der Waals surface area contributed by atoms with Crippen molar-refractivity contribution in [3.8, 4) is 11.4 Å². The Morgan fingerprint density at radius 2 is 2.04 bits per heavy atom. The quantitative estimate of drug-likeness (QED) is 0.567. The summed E-state index contributed by atoms with van der Waals surface area (Å²) in [5.74, 6) is -0.588. The SMILES string of the molecule is O=C(Cn1cnc(-c2cccc([N+](=O)[O-])c2)n1)Nc1cccc(F)c1. The topological polar surface area (TPSA) is 103 Å². The van der Waals surface area contributed by atoms with Gasteiger partial charge >= 0.3 is 0 Å². The second-order valence-electron chi connectivity index (χ2n) is 5.13. The van der Waals surface area contributed by atoms with Crippen LogP contribution in [0.3, 0.4) is 0 Å². The molecule has 25 heavy (non-hydrogen) atoms. The molecule has 0 aliphatic carbocycles. The molecule has 9 heteroatoms. The van der Waals surface area contributed by atoms with Crippen molar-refractivity contribution in [3.05, 3.63) is 70.8 Å². The average molecular weight is 341 g/mol. The molecule has 0 spiro atoms. The molecule has 0 bridgehead atoms. The average Bonchev–Trinajstić information content (AvgIpc) is 3.03. The number of carbonyl (C=O) groups excluding carboxylic acids is 1. The molecule has 0 saturated carbocycles. The highest BCUT2D eigenvalue weighted by atomic mass is 19.1. The zero-order valence-corrected chi connectivity index (χ0v) is 12.8. The maximum absolute atomic E-state index is 13.1. The molecular weight excluding hydrogens is 329 g/mol. The number of benzene rings is 2. The summed E-state index contributed by atoms with van der Waals surface area (Å²) in [7, 11) is 0. The predicted molar refractivity (Wildman–Crippen MR) is 87.1 cm³/mol. The van der Waals surface area contributed by atoms with Crippen LogP contribution in [0.5, 0.6) is 0 Å². The summed E-state index contributed by atoms with van der Waals surface area (Å²) in [6, 6.07) is 11.4. The molecule has 0 unspecified atom stereocenters. The Morgan fingerprint density at radius 1 is 1.24 bits per heavy atom. The van der Waals surface area contributed by atoms with Gasteiger partial charge in [0.05, 0.1) is 4.92 Å². The van der Waals surface area contributed by atoms with Gasteiger partial charge in [-0.3, -0.25) is 14.9 Å². The molecule has 126 valence electrons. The van der Waals surface area contributed by atoms with Gasteiger partial charge in [-0.2, -0.15) is 5.10 Å². The Morgan fingerprint density at radius 3 is 2.80 bits per heavy atom. The first-order valence-corrected chi connectivity index (χ1v) is 7.21. The van der Waals surface area contributed by atoms with Gasteiger partial charge in [0.2, 0.25) is 5.91 Å². The molecule has 8 nitrogen and oxygen atoms in total. The van der Waals surface area contributed by atoms with Gasteiger partial charge < -0.3 is 5.32 Å². The summed E-state index contributed by atoms with van der Waals surface area (Å²) in [5, 5.41) is 17.5. The third kappa shape index (κ3) is 4.02. The first-order chi connectivity index (χ1) is 12.0. The van der Waals surface area contributed by atoms with Crippen LogP contribution in [0.15, 0.2) is 54.9 Å². The predicted octanol–water partition coefficient (Wildman–Crippen LogP) is 2.63. The van der Waals surface area contributed by atoms with Gasteiger partial charge in [-0.15, -0.1) is 0 Å². The van der Waals surface area contributed by atoms with Crippen LogP contribution in [0.4, 0.5) is 15.8 Å². The molecule has 0 radical (unpaired) electrons. The van der Waals surface area contributed by atoms with Gasteiger partial charge in [0.15, 0.2) is 5.82 Å². The minimum absolute atomic E-state index is 0.0716. The fraction of sp³-hybridized carbons (Fsp3) is 0.0625. The highest BCUT2D eigenvalue weighted by Gasteiger charge is 2.11. The normalized spacial score (nSPS) is 10.4. The van der Waals surface area contributed by atoms with E-state index in [1.54, 1.807) is 12.1 Å². The van der Waals surface area contributed by atoms with E-state index in [4.69, 9.17) is 0 Å². The number of amides is 1. The Kier molecular flexibility index (Phi) is 4.46. The number of nitrogens with zero attached hydrogens (tertiary/aromatic N) is 4. The maximum Gasteiger partial charge on any atom is 0.270 e. The van der Waals surface area contributed by atoms with Crippen LogP contribution in [0.2, 0.25) is 0 Å². The van der Waals surface area contributed by atoms with Crippen molar-refractivity contribution >= 4 is 17.3 Å². The van der Waals surface area contributed by atoms with Crippen molar-refractivity contribution in [2.45, 2.75) is 6.54 Å². The van der Waals surface area contributed by atoms with Gasteiger partial charge in [-0.05, 0) is 18.2 Å². The minimum Gasteiger partial charge on any atom is -0.324 e. The van der Waals surface area contributed by atoms with E-state index in [1.807, 2.05) is 0 Å². The fourth-order valence-corrected chi connectivity index (χ4v) is 2.18. The summed E-state index contributed by atoms with van der Waals surface area (Å²) < 4.78 is 14.4. The standard InChI is InChI=1S/C16H12FN5O3/c17-12-4-2-5-13(8-12)19-15(23)9-21-10-18-16(20-21)11-3-1-6-14(7-11)22(24)25/h1-8,10H,9H2,(H,19,23). The van der Waals surface area contributed by atoms with Gasteiger partial charge in [0.1, 0.15) is 18.7 Å². The van der Waals surface area contributed by atoms with Gasteiger partial charge in [0.25, 0.3) is 5.69 Å². The highest BCUT2D eigenvalue weighted by molar-refractivity contribution is 5.90. The molecule has 0 saturated heterocycles. The number of carbonyl (C=O) groups is 1. The lowest BCUT2D eigenvalue weighted by Crippen LogP contribution is -2.19. The Bertz CT molecular complexity index is 941. The maximum atomic E-state index is 13.1. The van der Waals surface area contributed by atoms with Gasteiger partial charge in [-0.1, -0.05) is 18.2 Å². The third-order valence-electron chi connectivity index (χ3n) is 3.27. The van der Waals surface area contributed by atoms with E-state index in [0.717, 1.165) is 0 Å². The van der Waals surface area contributed by atoms with Crippen LogP contribution in [0, 0.1) is 15.9 Å². The Balaban J connectivity index is 1.70. The summed E-state index contributed by atoms with van der Waals surface area (Å²) >= 11 is 0. The van der Waals surface area contributed by atoms with Crippen LogP contribution < -0.4 is 5.32 Å². The van der Waals surface area contributed by atoms with Crippen LogP contribution in [0.25, 0.3) is 11.4 Å². The number of anilines is 1. The summed E-state index contributed by atoms with van der Waals surface area (Å²) in [4.78, 5) is 26.3. The fourth-order valence-electron chi connectivity index (χ4n) is 2.18. The number of non-ortho nitro benzene ring substituents is 1. The van der Waals surface area contributed by atoms with Crippen molar-refractivity contribution < 1.29 is 14.1 Å². The molecule has 1 amide bonds. The van der Waals surface area contributed by atoms with E-state index in [0.29, 0.717) is 11.3 Å². The van der Waals surface area contributed by atoms with Crippen molar-refractivity contribution in [1.82, 2.24) is 14.8 Å². The molecule has 0 aliphatic rings. The number of hydrogen-bond donors (Lipinski definition) is 1. The number of halogens is 1. The van der Waals surface area contributed by atoms with Crippen LogP contribution >= 0.6 is 0 Å². The summed E-state index contributed by atoms with van der Waals surface area (Å²) in [6.45, 7) is -0.127. The Labute approximate surface area is 141 Å². The summed E-state index contributed by atoms with van der Waals surface area (Å²) in [6.07, 6.45) is 1.35. The molecule has 3 aromatic rings. The lowest BCUT2D eigenvalue weighted by atomic mass is 10.2. The van der Waals surface area contributed by atoms with Crippen molar-refractivity contribution in [2.24, 2.45) is 0 Å². The number of aromatic nitrogens is 3. The summed E-state index contributed by atoms with van der Waals surface area (Å²) in [5.41, 5.74) is 0.736. The minimum atomic E-state index is -0.507. The molecule has 1 N–H and O–H groups in total. The second kappa shape index (κ2) is 6.87. The monoisotopic (exact) mass is 341 g/mol. The van der Waals surface area contributed by atoms with Crippen LogP contribution in [-0.2, 0) is 11.3 Å². The van der Waals surface area contributed by atoms with Crippen molar-refractivity contribution in [3.63, 3.8) is 0 Å². The largest absolute Gasteiger partial charge is 0.324 e. The first-order valence-electron chi connectivity index (χ1n) is 7.21. The second-order valence-corrected chi connectivity index (χ2v) is 5.13. The zero-order chi connectivity index (χ0) is 17.8. The number of nitro groups is 1. The van der Waals surface area contributed by atoms with E-state index >= 15 is 0 Å². The zero-order valence-electron chi connectivity index (χ0n) is 12.8. The molecule has 1 aromatic heterocycles. The number of rotatable bonds is 5. The van der Waals surface area contributed by atoms with Crippen molar-refractivity contribution in [1.29, 1.82) is 0 Å². The van der Waals surface area contributed by atoms with Gasteiger partial charge in [-0.25, -0.2) is 14.1 Å². The molecule has 1 heterocycles. The van der Waals surface area contributed by atoms with E-state index < -0.39 is 16.6 Å². The van der Waals surface area contributed by atoms with Crippen LogP contribution in [0.1, 0.15) is 0 Å². The first kappa shape index (κ1) is 16.2. The van der Waals surface area contributed by atoms with E-state index in [-0.39, 0.29) is 18.1 Å². The molecule has 3 rings (SSSR count). The highest BCUT2D eigenvalue weighted by Crippen LogP contribution is 2.20. The molecule has 0 atom stereocenters. The van der Waals surface area contributed by atoms with E-state index in [1.165, 1.54) is 47.4 Å². The molecule has 2 aromatic carbocycles. The molecular formula is C16H12FN5O3. The number of nitrogens with one attached hydrogen (secondary N) is 1. The lowest BCUT2D eigenvalue weighted by Gasteiger charge is -2.04. The van der Waals surface area contributed by atoms with E-state index in [2.05, 4.69) is 15.4 Å². The lowest BCUT2D eigenvalue weighted by molar-refractivity contribution is -0.384.